The van der Waals surface area contributed by atoms with Crippen molar-refractivity contribution in [2.75, 3.05) is 18.9 Å². The fourth-order valence-corrected chi connectivity index (χ4v) is 1.49. The van der Waals surface area contributed by atoms with E-state index >= 15 is 0 Å². The number of pyridine rings is 1. The number of nitrogens with zero attached hydrogens (tertiary/aromatic N) is 1. The van der Waals surface area contributed by atoms with Crippen LogP contribution in [-0.2, 0) is 4.79 Å². The molecule has 0 aliphatic rings. The van der Waals surface area contributed by atoms with Crippen molar-refractivity contribution < 1.29 is 4.79 Å². The average molecular weight is 272 g/mol. The highest BCUT2D eigenvalue weighted by Crippen LogP contribution is 2.13. The third-order valence-electron chi connectivity index (χ3n) is 1.82. The molecule has 0 radical (unpaired) electrons. The minimum Gasteiger partial charge on any atom is -0.325 e. The molecule has 0 spiro atoms. The molecule has 0 fully saturated rings. The van der Waals surface area contributed by atoms with Crippen molar-refractivity contribution in [1.82, 2.24) is 10.3 Å². The van der Waals surface area contributed by atoms with E-state index in [4.69, 9.17) is 0 Å². The van der Waals surface area contributed by atoms with Crippen molar-refractivity contribution in [3.8, 4) is 0 Å². The normalized spacial score (nSPS) is 10.0. The average Bonchev–Trinajstić information content (AvgIpc) is 2.18. The van der Waals surface area contributed by atoms with E-state index in [1.165, 1.54) is 0 Å². The second-order valence-electron chi connectivity index (χ2n) is 3.15. The molecule has 1 aromatic heterocycles. The minimum atomic E-state index is 0.0187. The van der Waals surface area contributed by atoms with Gasteiger partial charge in [0.1, 0.15) is 0 Å². The number of carbonyl (C=O) groups is 1. The molecular formula is C10H14BrN3O. The molecule has 1 rings (SSSR count). The summed E-state index contributed by atoms with van der Waals surface area (Å²) in [6, 6.07) is 1.82. The van der Waals surface area contributed by atoms with Gasteiger partial charge in [-0.15, -0.1) is 0 Å². The van der Waals surface area contributed by atoms with Crippen LogP contribution >= 0.6 is 15.9 Å². The van der Waals surface area contributed by atoms with Gasteiger partial charge in [0.25, 0.3) is 0 Å². The standard InChI is InChI=1S/C10H14BrN3O/c1-12-4-2-3-10(15)14-9-5-8(11)6-13-7-9/h5-7,12H,2-4H2,1H3,(H,14,15). The predicted octanol–water partition coefficient (Wildman–Crippen LogP) is 1.78. The molecule has 0 aliphatic carbocycles. The van der Waals surface area contributed by atoms with E-state index in [2.05, 4.69) is 31.5 Å². The van der Waals surface area contributed by atoms with E-state index in [0.29, 0.717) is 6.42 Å². The van der Waals surface area contributed by atoms with Crippen LogP contribution in [0.4, 0.5) is 5.69 Å². The zero-order valence-corrected chi connectivity index (χ0v) is 10.2. The lowest BCUT2D eigenvalue weighted by Gasteiger charge is -2.04. The Morgan fingerprint density at radius 2 is 2.33 bits per heavy atom. The Morgan fingerprint density at radius 1 is 1.53 bits per heavy atom. The van der Waals surface area contributed by atoms with E-state index in [-0.39, 0.29) is 5.91 Å². The van der Waals surface area contributed by atoms with Gasteiger partial charge in [0.05, 0.1) is 11.9 Å². The Kier molecular flexibility index (Phi) is 5.28. The largest absolute Gasteiger partial charge is 0.325 e. The maximum atomic E-state index is 11.4. The van der Waals surface area contributed by atoms with Gasteiger partial charge in [-0.25, -0.2) is 0 Å². The van der Waals surface area contributed by atoms with Crippen LogP contribution in [0.25, 0.3) is 0 Å². The van der Waals surface area contributed by atoms with Gasteiger partial charge in [-0.05, 0) is 42.0 Å². The third-order valence-corrected chi connectivity index (χ3v) is 2.25. The number of hydrogen-bond donors (Lipinski definition) is 2. The second-order valence-corrected chi connectivity index (χ2v) is 4.06. The molecule has 0 aliphatic heterocycles. The molecule has 0 aromatic carbocycles. The molecule has 2 N–H and O–H groups in total. The topological polar surface area (TPSA) is 54.0 Å². The molecule has 0 bridgehead atoms. The van der Waals surface area contributed by atoms with Gasteiger partial charge in [-0.1, -0.05) is 0 Å². The van der Waals surface area contributed by atoms with Crippen molar-refractivity contribution in [2.45, 2.75) is 12.8 Å². The molecule has 0 unspecified atom stereocenters. The molecule has 15 heavy (non-hydrogen) atoms. The molecule has 1 heterocycles. The molecule has 4 nitrogen and oxygen atoms in total. The van der Waals surface area contributed by atoms with Gasteiger partial charge >= 0.3 is 0 Å². The fourth-order valence-electron chi connectivity index (χ4n) is 1.13. The molecule has 0 saturated carbocycles. The van der Waals surface area contributed by atoms with Crippen LogP contribution < -0.4 is 10.6 Å². The summed E-state index contributed by atoms with van der Waals surface area (Å²) in [7, 11) is 1.87. The van der Waals surface area contributed by atoms with Crippen molar-refractivity contribution in [3.63, 3.8) is 0 Å². The Balaban J connectivity index is 2.37. The van der Waals surface area contributed by atoms with E-state index in [1.807, 2.05) is 13.1 Å². The summed E-state index contributed by atoms with van der Waals surface area (Å²) in [5, 5.41) is 5.78. The van der Waals surface area contributed by atoms with Gasteiger partial charge in [-0.2, -0.15) is 0 Å². The van der Waals surface area contributed by atoms with Crippen LogP contribution in [-0.4, -0.2) is 24.5 Å². The van der Waals surface area contributed by atoms with E-state index < -0.39 is 0 Å². The first-order chi connectivity index (χ1) is 7.22. The quantitative estimate of drug-likeness (QED) is 0.803. The number of nitrogens with one attached hydrogen (secondary N) is 2. The van der Waals surface area contributed by atoms with E-state index in [0.717, 1.165) is 23.1 Å². The number of anilines is 1. The van der Waals surface area contributed by atoms with Crippen LogP contribution in [0.2, 0.25) is 0 Å². The molecule has 0 saturated heterocycles. The lowest BCUT2D eigenvalue weighted by atomic mass is 10.3. The summed E-state index contributed by atoms with van der Waals surface area (Å²) in [5.41, 5.74) is 0.721. The van der Waals surface area contributed by atoms with Crippen molar-refractivity contribution in [3.05, 3.63) is 22.9 Å². The smallest absolute Gasteiger partial charge is 0.224 e. The van der Waals surface area contributed by atoms with Crippen molar-refractivity contribution >= 4 is 27.5 Å². The van der Waals surface area contributed by atoms with Gasteiger partial charge in [0.15, 0.2) is 0 Å². The fraction of sp³-hybridized carbons (Fsp3) is 0.400. The Labute approximate surface area is 97.6 Å². The number of aromatic nitrogens is 1. The van der Waals surface area contributed by atoms with Gasteiger partial charge in [0.2, 0.25) is 5.91 Å². The monoisotopic (exact) mass is 271 g/mol. The summed E-state index contributed by atoms with van der Waals surface area (Å²) in [5.74, 6) is 0.0187. The van der Waals surface area contributed by atoms with Crippen LogP contribution in [0.3, 0.4) is 0 Å². The van der Waals surface area contributed by atoms with E-state index in [1.54, 1.807) is 12.4 Å². The first-order valence-electron chi connectivity index (χ1n) is 4.77. The zero-order valence-electron chi connectivity index (χ0n) is 8.59. The highest BCUT2D eigenvalue weighted by atomic mass is 79.9. The van der Waals surface area contributed by atoms with Gasteiger partial charge < -0.3 is 10.6 Å². The lowest BCUT2D eigenvalue weighted by Crippen LogP contribution is -2.15. The van der Waals surface area contributed by atoms with Gasteiger partial charge in [-0.3, -0.25) is 9.78 Å². The molecule has 1 aromatic rings. The molecule has 82 valence electrons. The highest BCUT2D eigenvalue weighted by molar-refractivity contribution is 9.10. The number of amides is 1. The summed E-state index contributed by atoms with van der Waals surface area (Å²) < 4.78 is 0.857. The molecular weight excluding hydrogens is 258 g/mol. The third kappa shape index (κ3) is 4.90. The van der Waals surface area contributed by atoms with Crippen molar-refractivity contribution in [2.24, 2.45) is 0 Å². The molecule has 1 amide bonds. The Hall–Kier alpha value is -0.940. The summed E-state index contributed by atoms with van der Waals surface area (Å²) in [6.07, 6.45) is 4.66. The Morgan fingerprint density at radius 3 is 3.00 bits per heavy atom. The zero-order chi connectivity index (χ0) is 11.1. The summed E-state index contributed by atoms with van der Waals surface area (Å²) in [6.45, 7) is 0.851. The maximum absolute atomic E-state index is 11.4. The molecule has 5 heteroatoms. The first kappa shape index (κ1) is 12.1. The van der Waals surface area contributed by atoms with Crippen molar-refractivity contribution in [1.29, 1.82) is 0 Å². The predicted molar refractivity (Wildman–Crippen MR) is 63.7 cm³/mol. The number of hydrogen-bond acceptors (Lipinski definition) is 3. The Bertz CT molecular complexity index is 330. The summed E-state index contributed by atoms with van der Waals surface area (Å²) >= 11 is 3.29. The second kappa shape index (κ2) is 6.53. The number of rotatable bonds is 5. The number of halogens is 1. The van der Waals surface area contributed by atoms with Crippen LogP contribution in [0.5, 0.6) is 0 Å². The minimum absolute atomic E-state index is 0.0187. The van der Waals surface area contributed by atoms with Crippen LogP contribution in [0.1, 0.15) is 12.8 Å². The van der Waals surface area contributed by atoms with Gasteiger partial charge in [0, 0.05) is 17.1 Å². The van der Waals surface area contributed by atoms with Crippen LogP contribution in [0.15, 0.2) is 22.9 Å². The lowest BCUT2D eigenvalue weighted by molar-refractivity contribution is -0.116. The van der Waals surface area contributed by atoms with Crippen LogP contribution in [0, 0.1) is 0 Å². The maximum Gasteiger partial charge on any atom is 0.224 e. The summed E-state index contributed by atoms with van der Waals surface area (Å²) in [4.78, 5) is 15.4. The highest BCUT2D eigenvalue weighted by Gasteiger charge is 2.02. The molecule has 0 atom stereocenters. The SMILES string of the molecule is CNCCCC(=O)Nc1cncc(Br)c1. The van der Waals surface area contributed by atoms with E-state index in [9.17, 15) is 4.79 Å². The number of carbonyl (C=O) groups excluding carboxylic acids is 1. The first-order valence-corrected chi connectivity index (χ1v) is 5.56.